The van der Waals surface area contributed by atoms with Crippen molar-refractivity contribution >= 4 is 28.7 Å². The summed E-state index contributed by atoms with van der Waals surface area (Å²) in [6.07, 6.45) is 0.166. The first-order chi connectivity index (χ1) is 11.5. The van der Waals surface area contributed by atoms with E-state index < -0.39 is 17.0 Å². The van der Waals surface area contributed by atoms with Crippen molar-refractivity contribution in [2.24, 2.45) is 0 Å². The molecule has 0 radical (unpaired) electrons. The van der Waals surface area contributed by atoms with Crippen molar-refractivity contribution in [2.75, 3.05) is 5.73 Å². The molecule has 0 saturated heterocycles. The Morgan fingerprint density at radius 1 is 1.38 bits per heavy atom. The molecule has 2 N–H and O–H groups in total. The summed E-state index contributed by atoms with van der Waals surface area (Å²) in [6, 6.07) is 6.92. The number of hydrogen-bond acceptors (Lipinski definition) is 8. The molecule has 2 heterocycles. The summed E-state index contributed by atoms with van der Waals surface area (Å²) in [5.41, 5.74) is 6.31. The lowest BCUT2D eigenvalue weighted by Crippen LogP contribution is -2.24. The number of nitrogens with zero attached hydrogens (tertiary/aromatic N) is 3. The van der Waals surface area contributed by atoms with Gasteiger partial charge in [-0.2, -0.15) is 4.21 Å². The van der Waals surface area contributed by atoms with Gasteiger partial charge in [0.25, 0.3) is 0 Å². The van der Waals surface area contributed by atoms with Crippen LogP contribution in [0.15, 0.2) is 38.1 Å². The quantitative estimate of drug-likeness (QED) is 0.715. The van der Waals surface area contributed by atoms with Crippen LogP contribution in [0.25, 0.3) is 0 Å². The Bertz CT molecular complexity index is 944. The molecular weight excluding hydrogens is 360 g/mol. The maximum absolute atomic E-state index is 12.4. The number of hydrogen-bond donors (Lipinski definition) is 1. The van der Waals surface area contributed by atoms with Gasteiger partial charge >= 0.3 is 17.0 Å². The van der Waals surface area contributed by atoms with Crippen LogP contribution < -0.4 is 15.7 Å². The van der Waals surface area contributed by atoms with Crippen molar-refractivity contribution in [2.45, 2.75) is 13.3 Å². The van der Waals surface area contributed by atoms with E-state index in [1.54, 1.807) is 24.3 Å². The zero-order chi connectivity index (χ0) is 17.3. The molecule has 0 saturated carbocycles. The monoisotopic (exact) mass is 370 g/mol. The SMILES string of the molecule is Cc1onc(N)c1OS(=O)n1c(Cc2cccc(Cl)c2)noc1=O. The van der Waals surface area contributed by atoms with Gasteiger partial charge in [-0.25, -0.2) is 4.79 Å². The molecule has 11 heteroatoms. The van der Waals surface area contributed by atoms with Gasteiger partial charge in [0.15, 0.2) is 11.6 Å². The van der Waals surface area contributed by atoms with Crippen molar-refractivity contribution in [3.63, 3.8) is 0 Å². The lowest BCUT2D eigenvalue weighted by atomic mass is 10.1. The molecule has 0 fully saturated rings. The highest BCUT2D eigenvalue weighted by Crippen LogP contribution is 2.25. The van der Waals surface area contributed by atoms with Gasteiger partial charge in [0.05, 0.1) is 0 Å². The largest absolute Gasteiger partial charge is 0.456 e. The van der Waals surface area contributed by atoms with Crippen LogP contribution in [-0.4, -0.2) is 18.5 Å². The van der Waals surface area contributed by atoms with Crippen molar-refractivity contribution < 1.29 is 17.4 Å². The Labute approximate surface area is 142 Å². The van der Waals surface area contributed by atoms with Crippen molar-refractivity contribution in [3.05, 3.63) is 57.0 Å². The predicted molar refractivity (Wildman–Crippen MR) is 84.8 cm³/mol. The zero-order valence-electron chi connectivity index (χ0n) is 12.3. The molecule has 3 rings (SSSR count). The number of nitrogens with two attached hydrogens (primary N) is 1. The topological polar surface area (TPSA) is 126 Å². The molecule has 126 valence electrons. The van der Waals surface area contributed by atoms with Crippen LogP contribution >= 0.6 is 11.6 Å². The van der Waals surface area contributed by atoms with Crippen molar-refractivity contribution in [1.82, 2.24) is 14.3 Å². The number of benzene rings is 1. The normalized spacial score (nSPS) is 12.2. The third kappa shape index (κ3) is 3.19. The second-order valence-electron chi connectivity index (χ2n) is 4.72. The Morgan fingerprint density at radius 2 is 2.17 bits per heavy atom. The first-order valence-electron chi connectivity index (χ1n) is 6.60. The van der Waals surface area contributed by atoms with E-state index >= 15 is 0 Å². The number of nitrogen functional groups attached to an aromatic ring is 1. The lowest BCUT2D eigenvalue weighted by Gasteiger charge is -2.05. The molecule has 0 amide bonds. The molecule has 0 aliphatic rings. The van der Waals surface area contributed by atoms with Crippen LogP contribution in [-0.2, 0) is 17.7 Å². The van der Waals surface area contributed by atoms with Gasteiger partial charge in [0.1, 0.15) is 0 Å². The van der Waals surface area contributed by atoms with E-state index in [4.69, 9.17) is 26.0 Å². The molecule has 1 aromatic carbocycles. The fourth-order valence-electron chi connectivity index (χ4n) is 1.94. The number of aryl methyl sites for hydroxylation is 1. The minimum absolute atomic E-state index is 0.0184. The van der Waals surface area contributed by atoms with Crippen LogP contribution in [0.5, 0.6) is 5.75 Å². The van der Waals surface area contributed by atoms with Gasteiger partial charge in [-0.3, -0.25) is 4.52 Å². The number of anilines is 1. The van der Waals surface area contributed by atoms with Crippen molar-refractivity contribution in [3.8, 4) is 5.75 Å². The van der Waals surface area contributed by atoms with E-state index in [1.165, 1.54) is 6.92 Å². The van der Waals surface area contributed by atoms with Gasteiger partial charge in [-0.1, -0.05) is 34.0 Å². The van der Waals surface area contributed by atoms with Gasteiger partial charge in [0.2, 0.25) is 11.6 Å². The second-order valence-corrected chi connectivity index (χ2v) is 6.12. The minimum Gasteiger partial charge on any atom is -0.378 e. The summed E-state index contributed by atoms with van der Waals surface area (Å²) in [5, 5.41) is 7.62. The maximum atomic E-state index is 12.4. The Hall–Kier alpha value is -2.59. The Balaban J connectivity index is 1.90. The molecule has 3 aromatic rings. The van der Waals surface area contributed by atoms with E-state index in [0.29, 0.717) is 5.02 Å². The molecule has 0 aliphatic carbocycles. The Morgan fingerprint density at radius 3 is 2.83 bits per heavy atom. The first kappa shape index (κ1) is 16.3. The van der Waals surface area contributed by atoms with Crippen LogP contribution in [0.4, 0.5) is 5.82 Å². The summed E-state index contributed by atoms with van der Waals surface area (Å²) in [5.74, 6) is -0.704. The molecule has 1 atom stereocenters. The number of rotatable bonds is 5. The lowest BCUT2D eigenvalue weighted by molar-refractivity contribution is 0.379. The fraction of sp³-hybridized carbons (Fsp3) is 0.154. The van der Waals surface area contributed by atoms with E-state index in [1.807, 2.05) is 0 Å². The third-order valence-corrected chi connectivity index (χ3v) is 4.22. The molecule has 2 aromatic heterocycles. The number of aromatic nitrogens is 3. The highest BCUT2D eigenvalue weighted by Gasteiger charge is 2.22. The predicted octanol–water partition coefficient (Wildman–Crippen LogP) is 1.46. The van der Waals surface area contributed by atoms with Gasteiger partial charge < -0.3 is 14.4 Å². The maximum Gasteiger partial charge on any atom is 0.456 e. The molecule has 9 nitrogen and oxygen atoms in total. The standard InChI is InChI=1S/C13H11ClN4O5S/c1-7-11(12(15)17-21-7)23-24(20)18-10(16-22-13(18)19)6-8-3-2-4-9(14)5-8/h2-5H,6H2,1H3,(H2,15,17). The summed E-state index contributed by atoms with van der Waals surface area (Å²) < 4.78 is 27.7. The van der Waals surface area contributed by atoms with E-state index in [9.17, 15) is 9.00 Å². The van der Waals surface area contributed by atoms with Crippen LogP contribution in [0, 0.1) is 6.92 Å². The molecule has 1 unspecified atom stereocenters. The second kappa shape index (κ2) is 6.49. The fourth-order valence-corrected chi connectivity index (χ4v) is 3.00. The first-order valence-corrected chi connectivity index (χ1v) is 8.01. The highest BCUT2D eigenvalue weighted by molar-refractivity contribution is 7.79. The minimum atomic E-state index is -2.27. The zero-order valence-corrected chi connectivity index (χ0v) is 13.8. The third-order valence-electron chi connectivity index (χ3n) is 3.02. The molecular formula is C13H11ClN4O5S. The van der Waals surface area contributed by atoms with E-state index in [0.717, 1.165) is 9.54 Å². The molecule has 0 aliphatic heterocycles. The average Bonchev–Trinajstić information content (AvgIpc) is 3.04. The number of halogens is 1. The van der Waals surface area contributed by atoms with Gasteiger partial charge in [-0.05, 0) is 17.7 Å². The van der Waals surface area contributed by atoms with Crippen LogP contribution in [0.2, 0.25) is 5.02 Å². The molecule has 0 bridgehead atoms. The smallest absolute Gasteiger partial charge is 0.378 e. The van der Waals surface area contributed by atoms with Gasteiger partial charge in [-0.15, -0.1) is 3.97 Å². The summed E-state index contributed by atoms with van der Waals surface area (Å²) in [4.78, 5) is 11.8. The summed E-state index contributed by atoms with van der Waals surface area (Å²) in [7, 11) is 0. The molecule has 0 spiro atoms. The molecule has 24 heavy (non-hydrogen) atoms. The Kier molecular flexibility index (Phi) is 4.40. The summed E-state index contributed by atoms with van der Waals surface area (Å²) >= 11 is 3.65. The van der Waals surface area contributed by atoms with Crippen LogP contribution in [0.3, 0.4) is 0 Å². The average molecular weight is 371 g/mol. The van der Waals surface area contributed by atoms with Gasteiger partial charge in [0, 0.05) is 18.4 Å². The highest BCUT2D eigenvalue weighted by atomic mass is 35.5. The van der Waals surface area contributed by atoms with E-state index in [2.05, 4.69) is 14.8 Å². The van der Waals surface area contributed by atoms with Crippen LogP contribution in [0.1, 0.15) is 17.1 Å². The van der Waals surface area contributed by atoms with E-state index in [-0.39, 0.29) is 29.6 Å². The summed E-state index contributed by atoms with van der Waals surface area (Å²) in [6.45, 7) is 1.53. The van der Waals surface area contributed by atoms with Crippen molar-refractivity contribution in [1.29, 1.82) is 0 Å².